The van der Waals surface area contributed by atoms with Gasteiger partial charge in [0.05, 0.1) is 11.0 Å². The molecule has 2 N–H and O–H groups in total. The van der Waals surface area contributed by atoms with Crippen molar-refractivity contribution in [2.75, 3.05) is 12.3 Å². The number of hydrogen-bond acceptors (Lipinski definition) is 3. The molecule has 0 aliphatic heterocycles. The first-order valence-corrected chi connectivity index (χ1v) is 5.71. The van der Waals surface area contributed by atoms with Crippen molar-refractivity contribution < 1.29 is 4.74 Å². The molecule has 16 heavy (non-hydrogen) atoms. The van der Waals surface area contributed by atoms with Gasteiger partial charge in [-0.1, -0.05) is 6.07 Å². The van der Waals surface area contributed by atoms with Crippen LogP contribution in [0.25, 0.3) is 0 Å². The Morgan fingerprint density at radius 1 is 1.38 bits per heavy atom. The van der Waals surface area contributed by atoms with Crippen LogP contribution in [-0.4, -0.2) is 16.4 Å². The van der Waals surface area contributed by atoms with E-state index in [9.17, 15) is 0 Å². The Kier molecular flexibility index (Phi) is 3.46. The summed E-state index contributed by atoms with van der Waals surface area (Å²) in [5, 5.41) is 4.09. The van der Waals surface area contributed by atoms with Crippen LogP contribution < -0.4 is 10.5 Å². The zero-order chi connectivity index (χ0) is 11.4. The molecule has 1 aromatic heterocycles. The van der Waals surface area contributed by atoms with Crippen LogP contribution in [0.3, 0.4) is 0 Å². The van der Waals surface area contributed by atoms with Gasteiger partial charge in [-0.05, 0) is 34.1 Å². The molecule has 84 valence electrons. The number of aromatic nitrogens is 2. The smallest absolute Gasteiger partial charge is 0.135 e. The van der Waals surface area contributed by atoms with E-state index in [1.165, 1.54) is 0 Å². The molecule has 1 heterocycles. The first kappa shape index (κ1) is 11.0. The summed E-state index contributed by atoms with van der Waals surface area (Å²) in [7, 11) is 0. The Morgan fingerprint density at radius 2 is 2.25 bits per heavy atom. The number of nitrogen functional groups attached to an aromatic ring is 1. The third-order valence-electron chi connectivity index (χ3n) is 2.13. The van der Waals surface area contributed by atoms with Gasteiger partial charge in [0.15, 0.2) is 0 Å². The van der Waals surface area contributed by atoms with E-state index in [0.717, 1.165) is 10.2 Å². The number of hydrogen-bond donors (Lipinski definition) is 1. The van der Waals surface area contributed by atoms with Gasteiger partial charge in [-0.25, -0.2) is 0 Å². The highest BCUT2D eigenvalue weighted by molar-refractivity contribution is 9.10. The van der Waals surface area contributed by atoms with E-state index in [4.69, 9.17) is 10.5 Å². The summed E-state index contributed by atoms with van der Waals surface area (Å²) in [5.41, 5.74) is 6.42. The third kappa shape index (κ3) is 2.55. The van der Waals surface area contributed by atoms with Gasteiger partial charge < -0.3 is 10.5 Å². The Hall–Kier alpha value is -1.49. The van der Waals surface area contributed by atoms with Crippen molar-refractivity contribution >= 4 is 21.6 Å². The van der Waals surface area contributed by atoms with Crippen LogP contribution in [0.1, 0.15) is 0 Å². The Bertz CT molecular complexity index is 456. The largest absolute Gasteiger partial charge is 0.490 e. The van der Waals surface area contributed by atoms with Crippen molar-refractivity contribution in [2.45, 2.75) is 6.54 Å². The predicted octanol–water partition coefficient (Wildman–Crippen LogP) is 2.31. The maximum absolute atomic E-state index is 5.74. The van der Waals surface area contributed by atoms with Gasteiger partial charge in [0.1, 0.15) is 12.4 Å². The number of halogens is 1. The van der Waals surface area contributed by atoms with E-state index in [1.807, 2.05) is 35.1 Å². The molecular formula is C11H12BrN3O. The molecule has 0 amide bonds. The molecule has 4 nitrogen and oxygen atoms in total. The minimum absolute atomic E-state index is 0.559. The standard InChI is InChI=1S/C11H12BrN3O/c12-11-9(13)3-1-4-10(11)16-8-7-15-6-2-5-14-15/h1-6H,7-8,13H2. The Balaban J connectivity index is 1.92. The summed E-state index contributed by atoms with van der Waals surface area (Å²) in [6.45, 7) is 1.28. The molecule has 0 unspecified atom stereocenters. The maximum atomic E-state index is 5.74. The average Bonchev–Trinajstić information content (AvgIpc) is 2.77. The highest BCUT2D eigenvalue weighted by atomic mass is 79.9. The normalized spacial score (nSPS) is 10.3. The predicted molar refractivity (Wildman–Crippen MR) is 66.3 cm³/mol. The van der Waals surface area contributed by atoms with Crippen LogP contribution >= 0.6 is 15.9 Å². The highest BCUT2D eigenvalue weighted by Gasteiger charge is 2.03. The molecule has 2 aromatic rings. The Morgan fingerprint density at radius 3 is 3.00 bits per heavy atom. The van der Waals surface area contributed by atoms with Crippen LogP contribution in [0.4, 0.5) is 5.69 Å². The van der Waals surface area contributed by atoms with Crippen molar-refractivity contribution in [3.8, 4) is 5.75 Å². The summed E-state index contributed by atoms with van der Waals surface area (Å²) in [6, 6.07) is 7.45. The quantitative estimate of drug-likeness (QED) is 0.875. The lowest BCUT2D eigenvalue weighted by Gasteiger charge is -2.09. The lowest BCUT2D eigenvalue weighted by molar-refractivity contribution is 0.290. The number of nitrogens with zero attached hydrogens (tertiary/aromatic N) is 2. The van der Waals surface area contributed by atoms with Gasteiger partial charge >= 0.3 is 0 Å². The zero-order valence-electron chi connectivity index (χ0n) is 8.64. The van der Waals surface area contributed by atoms with Gasteiger partial charge in [0.25, 0.3) is 0 Å². The lowest BCUT2D eigenvalue weighted by Crippen LogP contribution is -2.08. The number of nitrogens with two attached hydrogens (primary N) is 1. The lowest BCUT2D eigenvalue weighted by atomic mass is 10.3. The number of anilines is 1. The first-order valence-electron chi connectivity index (χ1n) is 4.91. The second kappa shape index (κ2) is 5.03. The minimum Gasteiger partial charge on any atom is -0.490 e. The van der Waals surface area contributed by atoms with Crippen LogP contribution in [-0.2, 0) is 6.54 Å². The second-order valence-corrected chi connectivity index (χ2v) is 4.07. The number of ether oxygens (including phenoxy) is 1. The highest BCUT2D eigenvalue weighted by Crippen LogP contribution is 2.30. The van der Waals surface area contributed by atoms with E-state index < -0.39 is 0 Å². The molecule has 0 saturated carbocycles. The van der Waals surface area contributed by atoms with Gasteiger partial charge in [-0.3, -0.25) is 4.68 Å². The van der Waals surface area contributed by atoms with Crippen molar-refractivity contribution in [3.05, 3.63) is 41.1 Å². The topological polar surface area (TPSA) is 53.1 Å². The molecule has 0 saturated heterocycles. The van der Waals surface area contributed by atoms with Crippen LogP contribution in [0.15, 0.2) is 41.1 Å². The van der Waals surface area contributed by atoms with Crippen molar-refractivity contribution in [1.29, 1.82) is 0 Å². The van der Waals surface area contributed by atoms with E-state index in [1.54, 1.807) is 6.20 Å². The fraction of sp³-hybridized carbons (Fsp3) is 0.182. The summed E-state index contributed by atoms with van der Waals surface area (Å²) >= 11 is 3.39. The van der Waals surface area contributed by atoms with Crippen molar-refractivity contribution in [3.63, 3.8) is 0 Å². The third-order valence-corrected chi connectivity index (χ3v) is 2.98. The van der Waals surface area contributed by atoms with Crippen molar-refractivity contribution in [2.24, 2.45) is 0 Å². The maximum Gasteiger partial charge on any atom is 0.135 e. The average molecular weight is 282 g/mol. The number of rotatable bonds is 4. The van der Waals surface area contributed by atoms with Gasteiger partial charge in [0.2, 0.25) is 0 Å². The first-order chi connectivity index (χ1) is 7.77. The summed E-state index contributed by atoms with van der Waals surface area (Å²) < 4.78 is 8.22. The van der Waals surface area contributed by atoms with E-state index in [2.05, 4.69) is 21.0 Å². The van der Waals surface area contributed by atoms with Gasteiger partial charge in [0, 0.05) is 18.1 Å². The summed E-state index contributed by atoms with van der Waals surface area (Å²) in [6.07, 6.45) is 3.65. The molecule has 1 aromatic carbocycles. The molecular weight excluding hydrogens is 270 g/mol. The summed E-state index contributed by atoms with van der Waals surface area (Å²) in [4.78, 5) is 0. The molecule has 0 atom stereocenters. The zero-order valence-corrected chi connectivity index (χ0v) is 10.2. The monoisotopic (exact) mass is 281 g/mol. The fourth-order valence-corrected chi connectivity index (χ4v) is 1.70. The molecule has 0 fully saturated rings. The Labute approximate surface area is 102 Å². The fourth-order valence-electron chi connectivity index (χ4n) is 1.32. The second-order valence-electron chi connectivity index (χ2n) is 3.28. The van der Waals surface area contributed by atoms with Crippen LogP contribution in [0.2, 0.25) is 0 Å². The minimum atomic E-state index is 0.559. The van der Waals surface area contributed by atoms with Gasteiger partial charge in [-0.15, -0.1) is 0 Å². The molecule has 0 bridgehead atoms. The van der Waals surface area contributed by atoms with E-state index >= 15 is 0 Å². The molecule has 0 aliphatic carbocycles. The molecule has 0 aliphatic rings. The van der Waals surface area contributed by atoms with Crippen LogP contribution in [0, 0.1) is 0 Å². The van der Waals surface area contributed by atoms with E-state index in [0.29, 0.717) is 18.8 Å². The van der Waals surface area contributed by atoms with E-state index in [-0.39, 0.29) is 0 Å². The molecule has 0 spiro atoms. The molecule has 0 radical (unpaired) electrons. The van der Waals surface area contributed by atoms with Gasteiger partial charge in [-0.2, -0.15) is 5.10 Å². The molecule has 5 heteroatoms. The number of benzene rings is 1. The van der Waals surface area contributed by atoms with Crippen molar-refractivity contribution in [1.82, 2.24) is 9.78 Å². The van der Waals surface area contributed by atoms with Crippen LogP contribution in [0.5, 0.6) is 5.75 Å². The SMILES string of the molecule is Nc1cccc(OCCn2cccn2)c1Br. The summed E-state index contributed by atoms with van der Waals surface area (Å²) in [5.74, 6) is 0.757. The molecule has 2 rings (SSSR count).